The lowest BCUT2D eigenvalue weighted by atomic mass is 9.81. The molecule has 0 unspecified atom stereocenters. The summed E-state index contributed by atoms with van der Waals surface area (Å²) in [4.78, 5) is 6.51. The van der Waals surface area contributed by atoms with Crippen LogP contribution in [0.3, 0.4) is 0 Å². The Morgan fingerprint density at radius 2 is 2.00 bits per heavy atom. The number of piperidine rings is 1. The molecule has 1 aromatic heterocycles. The van der Waals surface area contributed by atoms with E-state index in [2.05, 4.69) is 47.9 Å². The van der Waals surface area contributed by atoms with Gasteiger partial charge in [-0.15, -0.1) is 5.54 Å². The molecule has 0 aromatic carbocycles. The van der Waals surface area contributed by atoms with Crippen LogP contribution in [0.5, 0.6) is 0 Å². The Labute approximate surface area is 139 Å². The maximum atomic E-state index is 9.51. The van der Waals surface area contributed by atoms with E-state index in [9.17, 15) is 5.11 Å². The summed E-state index contributed by atoms with van der Waals surface area (Å²) in [6.07, 6.45) is 3.74. The van der Waals surface area contributed by atoms with Crippen LogP contribution in [0.15, 0.2) is 12.3 Å². The molecule has 1 aromatic rings. The van der Waals surface area contributed by atoms with Gasteiger partial charge in [-0.2, -0.15) is 0 Å². The van der Waals surface area contributed by atoms with Gasteiger partial charge >= 0.3 is 0 Å². The van der Waals surface area contributed by atoms with Crippen LogP contribution in [0.25, 0.3) is 0 Å². The summed E-state index contributed by atoms with van der Waals surface area (Å²) in [5, 5.41) is 10.0. The summed E-state index contributed by atoms with van der Waals surface area (Å²) >= 11 is 6.09. The second kappa shape index (κ2) is 6.62. The number of halogens is 1. The molecule has 0 bridgehead atoms. The van der Waals surface area contributed by atoms with Crippen LogP contribution in [0, 0.1) is 16.9 Å². The van der Waals surface area contributed by atoms with Gasteiger partial charge in [-0.3, -0.25) is 0 Å². The third kappa shape index (κ3) is 4.49. The van der Waals surface area contributed by atoms with Crippen LogP contribution in [-0.4, -0.2) is 37.9 Å². The highest BCUT2D eigenvalue weighted by atomic mass is 35.5. The molecule has 120 valence electrons. The molecule has 3 nitrogen and oxygen atoms in total. The normalized spacial score (nSPS) is 17.8. The standard InChI is InChI=1S/C17H25ClN2OSi/c1-17(13-21)6-8-20(9-7-17)15-11-16(18)19-12-14(15)5-10-22(2,3)4/h11-12,21H,6-9,13H2,1-4H3. The maximum Gasteiger partial charge on any atom is 0.131 e. The molecular formula is C17H25ClN2OSi. The average molecular weight is 337 g/mol. The fourth-order valence-electron chi connectivity index (χ4n) is 2.48. The van der Waals surface area contributed by atoms with Gasteiger partial charge in [-0.25, -0.2) is 4.98 Å². The van der Waals surface area contributed by atoms with Crippen molar-refractivity contribution in [3.05, 3.63) is 23.0 Å². The number of aromatic nitrogens is 1. The Bertz CT molecular complexity index is 593. The predicted octanol–water partition coefficient (Wildman–Crippen LogP) is 3.56. The molecule has 5 heteroatoms. The first kappa shape index (κ1) is 17.3. The first-order valence-electron chi connectivity index (χ1n) is 7.77. The first-order chi connectivity index (χ1) is 10.2. The van der Waals surface area contributed by atoms with Crippen molar-refractivity contribution in [2.75, 3.05) is 24.6 Å². The molecular weight excluding hydrogens is 312 g/mol. The second-order valence-corrected chi connectivity index (χ2v) is 12.6. The van der Waals surface area contributed by atoms with E-state index in [0.29, 0.717) is 5.15 Å². The van der Waals surface area contributed by atoms with Gasteiger partial charge in [-0.05, 0) is 18.3 Å². The lowest BCUT2D eigenvalue weighted by molar-refractivity contribution is 0.115. The summed E-state index contributed by atoms with van der Waals surface area (Å²) in [7, 11) is -1.43. The van der Waals surface area contributed by atoms with E-state index in [1.54, 1.807) is 6.20 Å². The molecule has 0 amide bonds. The summed E-state index contributed by atoms with van der Waals surface area (Å²) < 4.78 is 0. The zero-order valence-corrected chi connectivity index (χ0v) is 15.7. The molecule has 0 radical (unpaired) electrons. The van der Waals surface area contributed by atoms with Crippen LogP contribution < -0.4 is 4.90 Å². The van der Waals surface area contributed by atoms with Crippen LogP contribution in [0.1, 0.15) is 25.3 Å². The fraction of sp³-hybridized carbons (Fsp3) is 0.588. The van der Waals surface area contributed by atoms with Gasteiger partial charge < -0.3 is 10.0 Å². The van der Waals surface area contributed by atoms with Crippen LogP contribution in [0.2, 0.25) is 24.8 Å². The van der Waals surface area contributed by atoms with Crippen molar-refractivity contribution in [3.8, 4) is 11.5 Å². The van der Waals surface area contributed by atoms with Crippen molar-refractivity contribution in [3.63, 3.8) is 0 Å². The minimum Gasteiger partial charge on any atom is -0.396 e. The first-order valence-corrected chi connectivity index (χ1v) is 11.6. The van der Waals surface area contributed by atoms with Crippen molar-refractivity contribution in [1.29, 1.82) is 0 Å². The highest BCUT2D eigenvalue weighted by Gasteiger charge is 2.30. The Kier molecular flexibility index (Phi) is 5.21. The maximum absolute atomic E-state index is 9.51. The average Bonchev–Trinajstić information content (AvgIpc) is 2.46. The van der Waals surface area contributed by atoms with Gasteiger partial charge in [0.15, 0.2) is 0 Å². The molecule has 1 saturated heterocycles. The number of hydrogen-bond donors (Lipinski definition) is 1. The largest absolute Gasteiger partial charge is 0.396 e. The summed E-state index contributed by atoms with van der Waals surface area (Å²) in [6, 6.07) is 1.91. The van der Waals surface area contributed by atoms with Crippen LogP contribution in [-0.2, 0) is 0 Å². The van der Waals surface area contributed by atoms with Crippen molar-refractivity contribution in [2.45, 2.75) is 39.4 Å². The number of aliphatic hydroxyl groups excluding tert-OH is 1. The van der Waals surface area contributed by atoms with Crippen molar-refractivity contribution >= 4 is 25.4 Å². The van der Waals surface area contributed by atoms with Crippen LogP contribution in [0.4, 0.5) is 5.69 Å². The van der Waals surface area contributed by atoms with Crippen molar-refractivity contribution in [2.24, 2.45) is 5.41 Å². The van der Waals surface area contributed by atoms with E-state index in [1.807, 2.05) is 6.07 Å². The van der Waals surface area contributed by atoms with Crippen molar-refractivity contribution in [1.82, 2.24) is 4.98 Å². The highest BCUT2D eigenvalue weighted by molar-refractivity contribution is 6.83. The number of nitrogens with zero attached hydrogens (tertiary/aromatic N) is 2. The number of aliphatic hydroxyl groups is 1. The predicted molar refractivity (Wildman–Crippen MR) is 96.1 cm³/mol. The summed E-state index contributed by atoms with van der Waals surface area (Å²) in [5.74, 6) is 3.31. The molecule has 1 aliphatic rings. The number of pyridine rings is 1. The Morgan fingerprint density at radius 1 is 1.36 bits per heavy atom. The Balaban J connectivity index is 2.27. The van der Waals surface area contributed by atoms with E-state index in [-0.39, 0.29) is 12.0 Å². The van der Waals surface area contributed by atoms with Gasteiger partial charge in [-0.1, -0.05) is 44.1 Å². The van der Waals surface area contributed by atoms with Gasteiger partial charge in [0.2, 0.25) is 0 Å². The molecule has 2 heterocycles. The number of hydrogen-bond acceptors (Lipinski definition) is 3. The third-order valence-corrected chi connectivity index (χ3v) is 5.20. The molecule has 0 saturated carbocycles. The number of rotatable bonds is 2. The molecule has 1 fully saturated rings. The lowest BCUT2D eigenvalue weighted by Crippen LogP contribution is -2.40. The third-order valence-electron chi connectivity index (χ3n) is 4.11. The van der Waals surface area contributed by atoms with Gasteiger partial charge in [0.25, 0.3) is 0 Å². The van der Waals surface area contributed by atoms with Crippen molar-refractivity contribution < 1.29 is 5.11 Å². The second-order valence-electron chi connectivity index (χ2n) is 7.48. The Morgan fingerprint density at radius 3 is 2.55 bits per heavy atom. The zero-order chi connectivity index (χ0) is 16.4. The van der Waals surface area contributed by atoms with E-state index in [1.165, 1.54) is 0 Å². The fourth-order valence-corrected chi connectivity index (χ4v) is 3.14. The summed E-state index contributed by atoms with van der Waals surface area (Å²) in [6.45, 7) is 10.9. The molecule has 2 rings (SSSR count). The lowest BCUT2D eigenvalue weighted by Gasteiger charge is -2.39. The summed E-state index contributed by atoms with van der Waals surface area (Å²) in [5.41, 5.74) is 5.48. The smallest absolute Gasteiger partial charge is 0.131 e. The molecule has 0 atom stereocenters. The van der Waals surface area contributed by atoms with E-state index in [4.69, 9.17) is 11.6 Å². The highest BCUT2D eigenvalue weighted by Crippen LogP contribution is 2.34. The monoisotopic (exact) mass is 336 g/mol. The van der Waals surface area contributed by atoms with Gasteiger partial charge in [0, 0.05) is 32.0 Å². The molecule has 0 aliphatic carbocycles. The minimum absolute atomic E-state index is 0.0392. The molecule has 0 spiro atoms. The zero-order valence-electron chi connectivity index (χ0n) is 13.9. The van der Waals surface area contributed by atoms with Crippen LogP contribution >= 0.6 is 11.6 Å². The van der Waals surface area contributed by atoms with Gasteiger partial charge in [0.05, 0.1) is 11.3 Å². The van der Waals surface area contributed by atoms with E-state index < -0.39 is 8.07 Å². The molecule has 1 N–H and O–H groups in total. The van der Waals surface area contributed by atoms with Gasteiger partial charge in [0.1, 0.15) is 13.2 Å². The SMILES string of the molecule is CC1(CO)CCN(c2cc(Cl)ncc2C#C[Si](C)(C)C)CC1. The quantitative estimate of drug-likeness (QED) is 0.509. The molecule has 22 heavy (non-hydrogen) atoms. The minimum atomic E-state index is -1.43. The topological polar surface area (TPSA) is 36.4 Å². The van der Waals surface area contributed by atoms with E-state index in [0.717, 1.165) is 37.2 Å². The van der Waals surface area contributed by atoms with E-state index >= 15 is 0 Å². The number of anilines is 1. The Hall–Kier alpha value is -1.02. The molecule has 1 aliphatic heterocycles.